The van der Waals surface area contributed by atoms with Crippen LogP contribution in [0.2, 0.25) is 0 Å². The van der Waals surface area contributed by atoms with E-state index in [2.05, 4.69) is 9.72 Å². The number of hydrogen-bond acceptors (Lipinski definition) is 6. The van der Waals surface area contributed by atoms with Crippen LogP contribution in [0.3, 0.4) is 0 Å². The zero-order valence-electron chi connectivity index (χ0n) is 17.1. The highest BCUT2D eigenvalue weighted by Crippen LogP contribution is 2.28. The average molecular weight is 476 g/mol. The molecule has 4 rings (SSSR count). The summed E-state index contributed by atoms with van der Waals surface area (Å²) in [5.74, 6) is -3.43. The van der Waals surface area contributed by atoms with Crippen LogP contribution < -0.4 is 16.0 Å². The Morgan fingerprint density at radius 3 is 2.45 bits per heavy atom. The normalized spacial score (nSPS) is 12.0. The number of fused-ring (bicyclic) bond motifs is 1. The number of hydrogen-bond donors (Lipinski definition) is 1. The number of H-pyrrole nitrogens is 1. The minimum absolute atomic E-state index is 0.0496. The van der Waals surface area contributed by atoms with Gasteiger partial charge in [-0.2, -0.15) is 0 Å². The lowest BCUT2D eigenvalue weighted by atomic mass is 10.1. The molecule has 0 aliphatic carbocycles. The smallest absolute Gasteiger partial charge is 0.339 e. The molecule has 0 radical (unpaired) electrons. The number of carbonyl (C=O) groups excluding carboxylic acids is 1. The van der Waals surface area contributed by atoms with E-state index in [-0.39, 0.29) is 27.1 Å². The minimum Gasteiger partial charge on any atom is -0.486 e. The molecule has 33 heavy (non-hydrogen) atoms. The third-order valence-corrected chi connectivity index (χ3v) is 5.81. The van der Waals surface area contributed by atoms with E-state index >= 15 is 0 Å². The van der Waals surface area contributed by atoms with Crippen LogP contribution in [0.1, 0.15) is 28.9 Å². The van der Waals surface area contributed by atoms with Gasteiger partial charge in [0.15, 0.2) is 0 Å². The van der Waals surface area contributed by atoms with Crippen molar-refractivity contribution >= 4 is 27.5 Å². The first-order valence-electron chi connectivity index (χ1n) is 9.48. The van der Waals surface area contributed by atoms with Crippen molar-refractivity contribution in [2.45, 2.75) is 13.0 Å². The molecule has 0 spiro atoms. The number of halogens is 3. The zero-order chi connectivity index (χ0) is 23.9. The van der Waals surface area contributed by atoms with E-state index in [1.807, 2.05) is 0 Å². The highest BCUT2D eigenvalue weighted by molar-refractivity contribution is 7.17. The first kappa shape index (κ1) is 22.3. The number of benzene rings is 2. The lowest BCUT2D eigenvalue weighted by Gasteiger charge is -2.17. The summed E-state index contributed by atoms with van der Waals surface area (Å²) in [6.45, 7) is 1.39. The Morgan fingerprint density at radius 1 is 1.09 bits per heavy atom. The molecule has 0 amide bonds. The lowest BCUT2D eigenvalue weighted by Crippen LogP contribution is -2.34. The Morgan fingerprint density at radius 2 is 1.79 bits per heavy atom. The van der Waals surface area contributed by atoms with E-state index < -0.39 is 46.5 Å². The zero-order valence-corrected chi connectivity index (χ0v) is 18.0. The largest absolute Gasteiger partial charge is 0.486 e. The molecule has 1 N–H and O–H groups in total. The second-order valence-corrected chi connectivity index (χ2v) is 7.80. The van der Waals surface area contributed by atoms with Gasteiger partial charge < -0.3 is 9.47 Å². The average Bonchev–Trinajstić information content (AvgIpc) is 3.19. The van der Waals surface area contributed by atoms with Gasteiger partial charge in [0, 0.05) is 11.4 Å². The molecule has 2 heterocycles. The molecule has 0 saturated heterocycles. The second kappa shape index (κ2) is 8.58. The quantitative estimate of drug-likeness (QED) is 0.439. The van der Waals surface area contributed by atoms with Gasteiger partial charge in [-0.15, -0.1) is 11.3 Å². The van der Waals surface area contributed by atoms with E-state index in [1.54, 1.807) is 0 Å². The highest BCUT2D eigenvalue weighted by Gasteiger charge is 2.22. The Bertz CT molecular complexity index is 1490. The molecule has 4 aromatic rings. The maximum Gasteiger partial charge on any atom is 0.339 e. The third-order valence-electron chi connectivity index (χ3n) is 4.91. The molecule has 170 valence electrons. The van der Waals surface area contributed by atoms with E-state index in [0.29, 0.717) is 4.57 Å². The Balaban J connectivity index is 1.82. The second-order valence-electron chi connectivity index (χ2n) is 6.92. The molecule has 0 aliphatic rings. The topological polar surface area (TPSA) is 90.4 Å². The number of ether oxygens (including phenoxy) is 2. The number of rotatable bonds is 5. The predicted molar refractivity (Wildman–Crippen MR) is 115 cm³/mol. The summed E-state index contributed by atoms with van der Waals surface area (Å²) < 4.78 is 53.5. The summed E-state index contributed by atoms with van der Waals surface area (Å²) in [7, 11) is 1.14. The third kappa shape index (κ3) is 3.91. The number of carbonyl (C=O) groups is 1. The fourth-order valence-corrected chi connectivity index (χ4v) is 4.31. The number of thiophene rings is 1. The van der Waals surface area contributed by atoms with Crippen molar-refractivity contribution in [1.82, 2.24) is 9.55 Å². The molecule has 0 bridgehead atoms. The van der Waals surface area contributed by atoms with Crippen LogP contribution in [0, 0.1) is 17.5 Å². The number of nitrogens with zero attached hydrogens (tertiary/aromatic N) is 1. The summed E-state index contributed by atoms with van der Waals surface area (Å²) in [4.78, 5) is 40.2. The molecule has 1 atom stereocenters. The molecule has 11 heteroatoms. The first-order chi connectivity index (χ1) is 15.7. The Hall–Kier alpha value is -3.86. The van der Waals surface area contributed by atoms with Crippen molar-refractivity contribution in [3.8, 4) is 11.4 Å². The van der Waals surface area contributed by atoms with Gasteiger partial charge in [-0.05, 0) is 31.2 Å². The van der Waals surface area contributed by atoms with Crippen molar-refractivity contribution in [2.24, 2.45) is 0 Å². The molecule has 0 aliphatic heterocycles. The van der Waals surface area contributed by atoms with Crippen molar-refractivity contribution in [1.29, 1.82) is 0 Å². The van der Waals surface area contributed by atoms with Crippen LogP contribution in [0.15, 0.2) is 51.4 Å². The van der Waals surface area contributed by atoms with Crippen molar-refractivity contribution < 1.29 is 27.4 Å². The van der Waals surface area contributed by atoms with Crippen LogP contribution >= 0.6 is 11.3 Å². The maximum absolute atomic E-state index is 14.7. The Labute approximate surface area is 187 Å². The molecule has 2 aromatic heterocycles. The van der Waals surface area contributed by atoms with E-state index in [9.17, 15) is 27.6 Å². The molecular formula is C22H15F3N2O5S. The predicted octanol–water partition coefficient (Wildman–Crippen LogP) is 4.08. The lowest BCUT2D eigenvalue weighted by molar-refractivity contribution is 0.0603. The van der Waals surface area contributed by atoms with Crippen LogP contribution in [-0.2, 0) is 4.74 Å². The summed E-state index contributed by atoms with van der Waals surface area (Å²) in [6, 6.07) is 6.54. The van der Waals surface area contributed by atoms with Gasteiger partial charge in [0.2, 0.25) is 0 Å². The maximum atomic E-state index is 14.7. The van der Waals surface area contributed by atoms with Crippen molar-refractivity contribution in [2.75, 3.05) is 7.11 Å². The fourth-order valence-electron chi connectivity index (χ4n) is 3.40. The molecule has 0 fully saturated rings. The summed E-state index contributed by atoms with van der Waals surface area (Å²) in [5, 5.41) is 1.21. The van der Waals surface area contributed by atoms with Gasteiger partial charge in [-0.3, -0.25) is 9.78 Å². The fraction of sp³-hybridized carbons (Fsp3) is 0.136. The van der Waals surface area contributed by atoms with Gasteiger partial charge in [0.1, 0.15) is 34.1 Å². The van der Waals surface area contributed by atoms with Crippen LogP contribution in [0.5, 0.6) is 5.75 Å². The minimum atomic E-state index is -1.11. The van der Waals surface area contributed by atoms with Crippen LogP contribution in [0.4, 0.5) is 13.2 Å². The van der Waals surface area contributed by atoms with Gasteiger partial charge in [-0.25, -0.2) is 27.3 Å². The summed E-state index contributed by atoms with van der Waals surface area (Å²) in [5.41, 5.74) is -2.77. The SMILES string of the molecule is COC(=O)c1csc2[nH]c(=O)n(-c3cc(OC(C)c4c(F)cccc4F)ccc3F)c(=O)c12. The van der Waals surface area contributed by atoms with E-state index in [4.69, 9.17) is 4.74 Å². The molecule has 0 saturated carbocycles. The Kier molecular flexibility index (Phi) is 5.81. The standard InChI is InChI=1S/C22H15F3N2O5S/c1-10(17-14(24)4-3-5-15(17)25)32-11-6-7-13(23)16(8-11)27-20(28)18-12(21(29)31-2)9-33-19(18)26-22(27)30/h3-10H,1-2H3,(H,26,30). The summed E-state index contributed by atoms with van der Waals surface area (Å²) in [6.07, 6.45) is -1.11. The van der Waals surface area contributed by atoms with E-state index in [0.717, 1.165) is 42.7 Å². The van der Waals surface area contributed by atoms with Gasteiger partial charge in [-0.1, -0.05) is 6.07 Å². The molecule has 1 unspecified atom stereocenters. The van der Waals surface area contributed by atoms with Crippen LogP contribution in [-0.4, -0.2) is 22.6 Å². The number of nitrogens with one attached hydrogen (secondary N) is 1. The highest BCUT2D eigenvalue weighted by atomic mass is 32.1. The van der Waals surface area contributed by atoms with E-state index in [1.165, 1.54) is 24.4 Å². The van der Waals surface area contributed by atoms with Crippen molar-refractivity contribution in [3.05, 3.63) is 91.2 Å². The van der Waals surface area contributed by atoms with Crippen molar-refractivity contribution in [3.63, 3.8) is 0 Å². The number of aromatic nitrogens is 2. The van der Waals surface area contributed by atoms with Gasteiger partial charge >= 0.3 is 11.7 Å². The van der Waals surface area contributed by atoms with Gasteiger partial charge in [0.25, 0.3) is 5.56 Å². The van der Waals surface area contributed by atoms with Crippen LogP contribution in [0.25, 0.3) is 15.9 Å². The first-order valence-corrected chi connectivity index (χ1v) is 10.4. The monoisotopic (exact) mass is 476 g/mol. The molecular weight excluding hydrogens is 461 g/mol. The summed E-state index contributed by atoms with van der Waals surface area (Å²) >= 11 is 0.947. The number of aromatic amines is 1. The molecule has 7 nitrogen and oxygen atoms in total. The van der Waals surface area contributed by atoms with Gasteiger partial charge in [0.05, 0.1) is 29.3 Å². The number of esters is 1. The molecule has 2 aromatic carbocycles. The number of methoxy groups -OCH3 is 1.